The Morgan fingerprint density at radius 3 is 2.64 bits per heavy atom. The molecule has 116 valence electrons. The minimum absolute atomic E-state index is 0.0510. The van der Waals surface area contributed by atoms with E-state index < -0.39 is 0 Å². The lowest BCUT2D eigenvalue weighted by molar-refractivity contribution is 0.362. The van der Waals surface area contributed by atoms with Gasteiger partial charge in [-0.25, -0.2) is 0 Å². The van der Waals surface area contributed by atoms with Crippen molar-refractivity contribution in [1.29, 1.82) is 0 Å². The minimum Gasteiger partial charge on any atom is -0.491 e. The number of rotatable bonds is 2. The van der Waals surface area contributed by atoms with Crippen molar-refractivity contribution in [2.75, 3.05) is 7.11 Å². The van der Waals surface area contributed by atoms with Crippen LogP contribution in [0.25, 0.3) is 11.4 Å². The number of ether oxygens (including phenoxy) is 1. The van der Waals surface area contributed by atoms with Gasteiger partial charge in [0.15, 0.2) is 11.2 Å². The molecule has 0 amide bonds. The first-order chi connectivity index (χ1) is 10.4. The van der Waals surface area contributed by atoms with Crippen LogP contribution in [0.4, 0.5) is 0 Å². The monoisotopic (exact) mass is 300 g/mol. The second-order valence-corrected chi connectivity index (χ2v) is 6.12. The second kappa shape index (κ2) is 5.16. The minimum atomic E-state index is -0.188. The maximum atomic E-state index is 12.3. The SMILES string of the molecule is COc1cc2c(n(C)c1=O)-c1cc(=O)ccn1[C@H](C(C)C)C2. The average Bonchev–Trinajstić information content (AvgIpc) is 2.49. The molecule has 1 aliphatic heterocycles. The molecule has 5 heteroatoms. The highest BCUT2D eigenvalue weighted by atomic mass is 16.5. The normalized spacial score (nSPS) is 16.3. The van der Waals surface area contributed by atoms with Gasteiger partial charge in [0.2, 0.25) is 0 Å². The summed E-state index contributed by atoms with van der Waals surface area (Å²) in [6.45, 7) is 4.33. The molecule has 2 aromatic rings. The van der Waals surface area contributed by atoms with E-state index in [2.05, 4.69) is 18.4 Å². The molecule has 0 saturated heterocycles. The summed E-state index contributed by atoms with van der Waals surface area (Å²) < 4.78 is 8.89. The van der Waals surface area contributed by atoms with Gasteiger partial charge in [0.05, 0.1) is 18.5 Å². The van der Waals surface area contributed by atoms with Gasteiger partial charge in [-0.05, 0) is 24.0 Å². The molecule has 0 N–H and O–H groups in total. The van der Waals surface area contributed by atoms with E-state index in [9.17, 15) is 9.59 Å². The van der Waals surface area contributed by atoms with Gasteiger partial charge in [-0.15, -0.1) is 0 Å². The third kappa shape index (κ3) is 2.08. The Morgan fingerprint density at radius 1 is 1.27 bits per heavy atom. The molecule has 1 aliphatic rings. The largest absolute Gasteiger partial charge is 0.491 e. The molecule has 0 spiro atoms. The van der Waals surface area contributed by atoms with Gasteiger partial charge in [-0.2, -0.15) is 0 Å². The van der Waals surface area contributed by atoms with E-state index in [-0.39, 0.29) is 17.0 Å². The second-order valence-electron chi connectivity index (χ2n) is 6.12. The van der Waals surface area contributed by atoms with Crippen molar-refractivity contribution in [1.82, 2.24) is 9.13 Å². The van der Waals surface area contributed by atoms with Crippen molar-refractivity contribution >= 4 is 0 Å². The highest BCUT2D eigenvalue weighted by molar-refractivity contribution is 5.63. The Kier molecular flexibility index (Phi) is 3.43. The van der Waals surface area contributed by atoms with Gasteiger partial charge in [0.1, 0.15) is 0 Å². The first kappa shape index (κ1) is 14.6. The van der Waals surface area contributed by atoms with Crippen molar-refractivity contribution in [3.05, 3.63) is 50.5 Å². The van der Waals surface area contributed by atoms with E-state index in [4.69, 9.17) is 4.74 Å². The maximum Gasteiger partial charge on any atom is 0.293 e. The van der Waals surface area contributed by atoms with Crippen LogP contribution in [0.3, 0.4) is 0 Å². The fourth-order valence-corrected chi connectivity index (χ4v) is 3.26. The van der Waals surface area contributed by atoms with Crippen LogP contribution in [0.5, 0.6) is 5.75 Å². The fourth-order valence-electron chi connectivity index (χ4n) is 3.26. The van der Waals surface area contributed by atoms with E-state index in [0.717, 1.165) is 23.4 Å². The number of hydrogen-bond acceptors (Lipinski definition) is 3. The number of pyridine rings is 2. The molecule has 0 fully saturated rings. The van der Waals surface area contributed by atoms with Crippen LogP contribution in [-0.4, -0.2) is 16.2 Å². The van der Waals surface area contributed by atoms with Crippen LogP contribution in [0.2, 0.25) is 0 Å². The molecule has 0 saturated carbocycles. The lowest BCUT2D eigenvalue weighted by Crippen LogP contribution is -2.30. The zero-order valence-electron chi connectivity index (χ0n) is 13.3. The topological polar surface area (TPSA) is 53.2 Å². The molecule has 1 atom stereocenters. The summed E-state index contributed by atoms with van der Waals surface area (Å²) in [5.41, 5.74) is 2.41. The van der Waals surface area contributed by atoms with Crippen LogP contribution in [0, 0.1) is 5.92 Å². The summed E-state index contributed by atoms with van der Waals surface area (Å²) in [6.07, 6.45) is 2.65. The Bertz CT molecular complexity index is 846. The maximum absolute atomic E-state index is 12.3. The molecule has 0 aromatic carbocycles. The molecule has 3 rings (SSSR count). The zero-order valence-corrected chi connectivity index (χ0v) is 13.3. The Hall–Kier alpha value is -2.30. The number of hydrogen-bond donors (Lipinski definition) is 0. The Balaban J connectivity index is 2.37. The number of nitrogens with zero attached hydrogens (tertiary/aromatic N) is 2. The van der Waals surface area contributed by atoms with E-state index in [1.807, 2.05) is 12.3 Å². The molecular weight excluding hydrogens is 280 g/mol. The zero-order chi connectivity index (χ0) is 16.0. The van der Waals surface area contributed by atoms with E-state index in [1.54, 1.807) is 23.7 Å². The molecule has 0 unspecified atom stereocenters. The van der Waals surface area contributed by atoms with Crippen molar-refractivity contribution in [2.45, 2.75) is 26.3 Å². The van der Waals surface area contributed by atoms with Gasteiger partial charge in [0, 0.05) is 31.4 Å². The summed E-state index contributed by atoms with van der Waals surface area (Å²) in [6, 6.07) is 5.25. The fraction of sp³-hybridized carbons (Fsp3) is 0.412. The number of aromatic nitrogens is 2. The third-order valence-corrected chi connectivity index (χ3v) is 4.44. The van der Waals surface area contributed by atoms with Gasteiger partial charge in [-0.3, -0.25) is 9.59 Å². The lowest BCUT2D eigenvalue weighted by Gasteiger charge is -2.33. The summed E-state index contributed by atoms with van der Waals surface area (Å²) in [5, 5.41) is 0. The first-order valence-electron chi connectivity index (χ1n) is 7.43. The predicted octanol–water partition coefficient (Wildman–Crippen LogP) is 1.98. The summed E-state index contributed by atoms with van der Waals surface area (Å²) >= 11 is 0. The predicted molar refractivity (Wildman–Crippen MR) is 85.5 cm³/mol. The molecule has 0 bridgehead atoms. The molecule has 5 nitrogen and oxygen atoms in total. The standard InChI is InChI=1S/C17H20N2O3/c1-10(2)13-7-11-8-15(22-4)17(21)18(3)16(11)14-9-12(20)5-6-19(13)14/h5-6,8-10,13H,7H2,1-4H3/t13-/m0/s1. The van der Waals surface area contributed by atoms with E-state index >= 15 is 0 Å². The van der Waals surface area contributed by atoms with Crippen LogP contribution in [-0.2, 0) is 13.5 Å². The van der Waals surface area contributed by atoms with Gasteiger partial charge in [0.25, 0.3) is 5.56 Å². The van der Waals surface area contributed by atoms with Crippen molar-refractivity contribution in [3.8, 4) is 17.1 Å². The molecule has 0 radical (unpaired) electrons. The lowest BCUT2D eigenvalue weighted by atomic mass is 9.90. The Labute approximate surface area is 128 Å². The average molecular weight is 300 g/mol. The highest BCUT2D eigenvalue weighted by Gasteiger charge is 2.28. The van der Waals surface area contributed by atoms with Crippen molar-refractivity contribution < 1.29 is 4.74 Å². The van der Waals surface area contributed by atoms with Crippen molar-refractivity contribution in [3.63, 3.8) is 0 Å². The van der Waals surface area contributed by atoms with Gasteiger partial charge < -0.3 is 13.9 Å². The van der Waals surface area contributed by atoms with Crippen LogP contribution in [0.1, 0.15) is 25.5 Å². The van der Waals surface area contributed by atoms with Crippen molar-refractivity contribution in [2.24, 2.45) is 13.0 Å². The van der Waals surface area contributed by atoms with Gasteiger partial charge in [-0.1, -0.05) is 13.8 Å². The number of fused-ring (bicyclic) bond motifs is 3. The molecular formula is C17H20N2O3. The highest BCUT2D eigenvalue weighted by Crippen LogP contribution is 2.36. The van der Waals surface area contributed by atoms with Crippen LogP contribution >= 0.6 is 0 Å². The molecule has 3 heterocycles. The first-order valence-corrected chi connectivity index (χ1v) is 7.43. The van der Waals surface area contributed by atoms with Crippen LogP contribution in [0.15, 0.2) is 34.0 Å². The summed E-state index contributed by atoms with van der Waals surface area (Å²) in [4.78, 5) is 24.2. The summed E-state index contributed by atoms with van der Waals surface area (Å²) in [5.74, 6) is 0.758. The van der Waals surface area contributed by atoms with E-state index in [1.165, 1.54) is 7.11 Å². The molecule has 2 aromatic heterocycles. The quantitative estimate of drug-likeness (QED) is 0.852. The smallest absolute Gasteiger partial charge is 0.293 e. The molecule has 0 aliphatic carbocycles. The summed E-state index contributed by atoms with van der Waals surface area (Å²) in [7, 11) is 3.23. The van der Waals surface area contributed by atoms with Gasteiger partial charge >= 0.3 is 0 Å². The third-order valence-electron chi connectivity index (χ3n) is 4.44. The number of methoxy groups -OCH3 is 1. The van der Waals surface area contributed by atoms with Crippen LogP contribution < -0.4 is 15.7 Å². The van der Waals surface area contributed by atoms with E-state index in [0.29, 0.717) is 11.7 Å². The molecule has 22 heavy (non-hydrogen) atoms. The Morgan fingerprint density at radius 2 is 2.00 bits per heavy atom.